The Kier molecular flexibility index (Phi) is 6.41. The topological polar surface area (TPSA) is 15.6 Å². The summed E-state index contributed by atoms with van der Waals surface area (Å²) in [6.45, 7) is 14.4. The quantitative estimate of drug-likeness (QED) is 0.415. The molecule has 0 atom stereocenters. The molecule has 0 rings (SSSR count). The molecule has 14 heavy (non-hydrogen) atoms. The average Bonchev–Trinajstić information content (AvgIpc) is 2.22. The van der Waals surface area contributed by atoms with E-state index < -0.39 is 0 Å². The monoisotopic (exact) mass is 252 g/mol. The van der Waals surface area contributed by atoms with Gasteiger partial charge < -0.3 is 4.90 Å². The third-order valence-corrected chi connectivity index (χ3v) is 1.85. The Morgan fingerprint density at radius 2 is 1.79 bits per heavy atom. The number of allylic oxidation sites excluding steroid dienone is 2. The summed E-state index contributed by atoms with van der Waals surface area (Å²) in [5.41, 5.74) is 0. The molecule has 0 bridgehead atoms. The third kappa shape index (κ3) is 4.05. The zero-order valence-electron chi connectivity index (χ0n) is 7.99. The van der Waals surface area contributed by atoms with E-state index in [0.717, 1.165) is 4.48 Å². The second-order valence-electron chi connectivity index (χ2n) is 2.18. The Bertz CT molecular complexity index is 300. The van der Waals surface area contributed by atoms with Gasteiger partial charge in [-0.05, 0) is 22.0 Å². The van der Waals surface area contributed by atoms with E-state index in [2.05, 4.69) is 47.2 Å². The molecule has 0 aliphatic rings. The van der Waals surface area contributed by atoms with Crippen LogP contribution in [0.2, 0.25) is 0 Å². The Morgan fingerprint density at radius 1 is 1.14 bits per heavy atom. The molecule has 0 saturated heterocycles. The van der Waals surface area contributed by atoms with Crippen LogP contribution in [0.4, 0.5) is 0 Å². The Balaban J connectivity index is 4.95. The van der Waals surface area contributed by atoms with Crippen molar-refractivity contribution in [2.24, 2.45) is 4.99 Å². The van der Waals surface area contributed by atoms with Crippen molar-refractivity contribution in [1.82, 2.24) is 4.90 Å². The molecular formula is C11H13BrN2. The van der Waals surface area contributed by atoms with Gasteiger partial charge in [-0.15, -0.1) is 0 Å². The molecule has 2 nitrogen and oxygen atoms in total. The first-order chi connectivity index (χ1) is 6.69. The first-order valence-corrected chi connectivity index (χ1v) is 4.70. The Hall–Kier alpha value is -1.35. The highest BCUT2D eigenvalue weighted by molar-refractivity contribution is 9.11. The maximum atomic E-state index is 4.02. The van der Waals surface area contributed by atoms with Crippen molar-refractivity contribution >= 4 is 21.8 Å². The minimum Gasteiger partial charge on any atom is -0.308 e. The second kappa shape index (κ2) is 7.09. The highest BCUT2D eigenvalue weighted by atomic mass is 79.9. The minimum atomic E-state index is 0.647. The molecule has 0 aromatic rings. The summed E-state index contributed by atoms with van der Waals surface area (Å²) in [6.07, 6.45) is 8.14. The second-order valence-corrected chi connectivity index (χ2v) is 3.10. The van der Waals surface area contributed by atoms with Gasteiger partial charge in [-0.3, -0.25) is 0 Å². The average molecular weight is 253 g/mol. The fraction of sp³-hybridized carbons (Fsp3) is 0. The maximum Gasteiger partial charge on any atom is 0.135 e. The molecule has 0 fully saturated rings. The van der Waals surface area contributed by atoms with Crippen molar-refractivity contribution in [2.45, 2.75) is 0 Å². The number of amidine groups is 1. The lowest BCUT2D eigenvalue weighted by Crippen LogP contribution is -2.17. The molecule has 0 aliphatic heterocycles. The summed E-state index contributed by atoms with van der Waals surface area (Å²) < 4.78 is 0.830. The summed E-state index contributed by atoms with van der Waals surface area (Å²) in [5, 5.41) is 0. The lowest BCUT2D eigenvalue weighted by Gasteiger charge is -2.14. The molecule has 0 aliphatic carbocycles. The van der Waals surface area contributed by atoms with Gasteiger partial charge in [0.15, 0.2) is 0 Å². The lowest BCUT2D eigenvalue weighted by molar-refractivity contribution is 0.765. The molecule has 0 N–H and O–H groups in total. The van der Waals surface area contributed by atoms with Crippen LogP contribution < -0.4 is 0 Å². The summed E-state index contributed by atoms with van der Waals surface area (Å²) in [6, 6.07) is 0. The number of hydrogen-bond acceptors (Lipinski definition) is 1. The first-order valence-electron chi connectivity index (χ1n) is 3.91. The number of nitrogens with zero attached hydrogens (tertiary/aromatic N) is 2. The van der Waals surface area contributed by atoms with E-state index in [1.54, 1.807) is 29.5 Å². The van der Waals surface area contributed by atoms with Crippen LogP contribution in [-0.2, 0) is 0 Å². The van der Waals surface area contributed by atoms with E-state index >= 15 is 0 Å². The standard InChI is InChI=1S/C11H13BrN2/c1-5-10(12)9-14(8-4)11(6-2)13-7-3/h5-9H,1-4H2/b10-9+,13-11?. The maximum absolute atomic E-state index is 4.02. The van der Waals surface area contributed by atoms with Crippen LogP contribution in [0.1, 0.15) is 0 Å². The van der Waals surface area contributed by atoms with Crippen LogP contribution in [0.25, 0.3) is 0 Å². The molecule has 0 aromatic carbocycles. The van der Waals surface area contributed by atoms with Crippen molar-refractivity contribution in [3.63, 3.8) is 0 Å². The summed E-state index contributed by atoms with van der Waals surface area (Å²) in [4.78, 5) is 5.73. The van der Waals surface area contributed by atoms with Crippen molar-refractivity contribution in [2.75, 3.05) is 0 Å². The molecule has 0 saturated carbocycles. The van der Waals surface area contributed by atoms with E-state index in [1.165, 1.54) is 6.20 Å². The van der Waals surface area contributed by atoms with E-state index in [1.807, 2.05) is 0 Å². The Labute approximate surface area is 93.5 Å². The summed E-state index contributed by atoms with van der Waals surface area (Å²) in [7, 11) is 0. The number of rotatable bonds is 5. The normalized spacial score (nSPS) is 11.8. The van der Waals surface area contributed by atoms with E-state index in [0.29, 0.717) is 5.84 Å². The van der Waals surface area contributed by atoms with Crippen LogP contribution >= 0.6 is 15.9 Å². The largest absolute Gasteiger partial charge is 0.308 e. The van der Waals surface area contributed by atoms with E-state index in [-0.39, 0.29) is 0 Å². The molecule has 0 spiro atoms. The predicted molar refractivity (Wildman–Crippen MR) is 67.1 cm³/mol. The molecule has 3 heteroatoms. The van der Waals surface area contributed by atoms with Gasteiger partial charge in [0.25, 0.3) is 0 Å². The van der Waals surface area contributed by atoms with E-state index in [4.69, 9.17) is 0 Å². The molecule has 74 valence electrons. The molecule has 0 unspecified atom stereocenters. The fourth-order valence-electron chi connectivity index (χ4n) is 0.716. The number of hydrogen-bond donors (Lipinski definition) is 0. The highest BCUT2D eigenvalue weighted by Crippen LogP contribution is 2.08. The van der Waals surface area contributed by atoms with Crippen LogP contribution in [0.15, 0.2) is 66.5 Å². The molecule has 0 aromatic heterocycles. The van der Waals surface area contributed by atoms with Crippen LogP contribution in [0.5, 0.6) is 0 Å². The smallest absolute Gasteiger partial charge is 0.135 e. The van der Waals surface area contributed by atoms with Gasteiger partial charge >= 0.3 is 0 Å². The summed E-state index contributed by atoms with van der Waals surface area (Å²) in [5.74, 6) is 0.647. The predicted octanol–water partition coefficient (Wildman–Crippen LogP) is 3.58. The summed E-state index contributed by atoms with van der Waals surface area (Å²) >= 11 is 3.31. The SMILES string of the molecule is C=CN=C(C=C)N(C=C)/C=C(/Br)C=C. The van der Waals surface area contributed by atoms with Crippen LogP contribution in [0.3, 0.4) is 0 Å². The third-order valence-electron chi connectivity index (χ3n) is 1.32. The van der Waals surface area contributed by atoms with Gasteiger partial charge in [-0.1, -0.05) is 32.4 Å². The molecule has 0 amide bonds. The van der Waals surface area contributed by atoms with Gasteiger partial charge in [-0.25, -0.2) is 4.99 Å². The van der Waals surface area contributed by atoms with Crippen LogP contribution in [-0.4, -0.2) is 10.7 Å². The van der Waals surface area contributed by atoms with Gasteiger partial charge in [0.05, 0.1) is 0 Å². The zero-order chi connectivity index (χ0) is 11.0. The number of aliphatic imine (C=N–C) groups is 1. The van der Waals surface area contributed by atoms with Crippen molar-refractivity contribution in [1.29, 1.82) is 0 Å². The van der Waals surface area contributed by atoms with Gasteiger partial charge in [-0.2, -0.15) is 0 Å². The fourth-order valence-corrected chi connectivity index (χ4v) is 0.937. The molecular weight excluding hydrogens is 240 g/mol. The lowest BCUT2D eigenvalue weighted by atomic mass is 10.4. The van der Waals surface area contributed by atoms with Gasteiger partial charge in [0.1, 0.15) is 5.84 Å². The number of halogens is 1. The zero-order valence-corrected chi connectivity index (χ0v) is 9.57. The van der Waals surface area contributed by atoms with Crippen molar-refractivity contribution in [3.8, 4) is 0 Å². The molecule has 0 heterocycles. The van der Waals surface area contributed by atoms with Crippen molar-refractivity contribution in [3.05, 3.63) is 61.6 Å². The molecule has 0 radical (unpaired) electrons. The van der Waals surface area contributed by atoms with E-state index in [9.17, 15) is 0 Å². The minimum absolute atomic E-state index is 0.647. The van der Waals surface area contributed by atoms with Crippen LogP contribution in [0, 0.1) is 0 Å². The first kappa shape index (κ1) is 12.7. The van der Waals surface area contributed by atoms with Crippen molar-refractivity contribution < 1.29 is 0 Å². The Morgan fingerprint density at radius 3 is 2.14 bits per heavy atom. The van der Waals surface area contributed by atoms with Gasteiger partial charge in [0, 0.05) is 23.1 Å². The highest BCUT2D eigenvalue weighted by Gasteiger charge is 1.99. The van der Waals surface area contributed by atoms with Gasteiger partial charge in [0.2, 0.25) is 0 Å².